The van der Waals surface area contributed by atoms with Crippen LogP contribution in [0.25, 0.3) is 11.2 Å². The lowest BCUT2D eigenvalue weighted by Gasteiger charge is -2.07. The van der Waals surface area contributed by atoms with E-state index in [9.17, 15) is 9.59 Å². The fourth-order valence-corrected chi connectivity index (χ4v) is 2.76. The molecule has 136 valence electrons. The van der Waals surface area contributed by atoms with Gasteiger partial charge in [0.1, 0.15) is 0 Å². The molecule has 3 rings (SSSR count). The first-order valence-electron chi connectivity index (χ1n) is 8.65. The second-order valence-electron chi connectivity index (χ2n) is 6.07. The second-order valence-corrected chi connectivity index (χ2v) is 6.07. The Kier molecular flexibility index (Phi) is 5.31. The van der Waals surface area contributed by atoms with Gasteiger partial charge in [-0.3, -0.25) is 14.3 Å². The van der Waals surface area contributed by atoms with Crippen LogP contribution in [0, 0.1) is 0 Å². The van der Waals surface area contributed by atoms with Gasteiger partial charge in [-0.1, -0.05) is 50.1 Å². The largest absolute Gasteiger partial charge is 0.329 e. The SMILES string of the molecule is CCCCCn1c(NN=Cc2ccccc2)nc2c1c(=O)[nH]c(=O)n2C. The Balaban J connectivity index is 1.99. The Morgan fingerprint density at radius 2 is 2.00 bits per heavy atom. The number of aryl methyl sites for hydroxylation is 2. The number of aromatic amines is 1. The lowest BCUT2D eigenvalue weighted by Crippen LogP contribution is -2.29. The van der Waals surface area contributed by atoms with Crippen LogP contribution in [0.3, 0.4) is 0 Å². The molecule has 2 N–H and O–H groups in total. The Labute approximate surface area is 150 Å². The minimum absolute atomic E-state index is 0.340. The molecule has 0 radical (unpaired) electrons. The Bertz CT molecular complexity index is 1030. The molecule has 3 aromatic rings. The van der Waals surface area contributed by atoms with Crippen LogP contribution in [0.15, 0.2) is 45.0 Å². The molecule has 0 aliphatic rings. The summed E-state index contributed by atoms with van der Waals surface area (Å²) in [6.07, 6.45) is 4.69. The van der Waals surface area contributed by atoms with Crippen molar-refractivity contribution in [1.29, 1.82) is 0 Å². The monoisotopic (exact) mass is 354 g/mol. The zero-order chi connectivity index (χ0) is 18.5. The summed E-state index contributed by atoms with van der Waals surface area (Å²) in [6.45, 7) is 2.74. The first-order chi connectivity index (χ1) is 12.6. The van der Waals surface area contributed by atoms with Crippen LogP contribution in [0.4, 0.5) is 5.95 Å². The van der Waals surface area contributed by atoms with Gasteiger partial charge < -0.3 is 4.57 Å². The molecule has 0 saturated heterocycles. The van der Waals surface area contributed by atoms with Crippen molar-refractivity contribution in [3.8, 4) is 0 Å². The zero-order valence-corrected chi connectivity index (χ0v) is 14.9. The highest BCUT2D eigenvalue weighted by molar-refractivity contribution is 5.80. The van der Waals surface area contributed by atoms with E-state index < -0.39 is 11.2 Å². The molecular weight excluding hydrogens is 332 g/mol. The molecule has 2 aromatic heterocycles. The van der Waals surface area contributed by atoms with Crippen LogP contribution in [0.5, 0.6) is 0 Å². The number of H-pyrrole nitrogens is 1. The van der Waals surface area contributed by atoms with Crippen LogP contribution in [0.1, 0.15) is 31.7 Å². The molecule has 0 atom stereocenters. The molecule has 2 heterocycles. The van der Waals surface area contributed by atoms with Gasteiger partial charge in [0.05, 0.1) is 6.21 Å². The highest BCUT2D eigenvalue weighted by Crippen LogP contribution is 2.16. The summed E-state index contributed by atoms with van der Waals surface area (Å²) in [5.41, 5.74) is 3.64. The van der Waals surface area contributed by atoms with Gasteiger partial charge in [-0.2, -0.15) is 10.1 Å². The Morgan fingerprint density at radius 3 is 2.73 bits per heavy atom. The van der Waals surface area contributed by atoms with Gasteiger partial charge >= 0.3 is 5.69 Å². The van der Waals surface area contributed by atoms with Crippen molar-refractivity contribution in [2.24, 2.45) is 12.1 Å². The van der Waals surface area contributed by atoms with Gasteiger partial charge in [-0.05, 0) is 12.0 Å². The van der Waals surface area contributed by atoms with Crippen molar-refractivity contribution in [2.75, 3.05) is 5.43 Å². The molecular formula is C18H22N6O2. The highest BCUT2D eigenvalue weighted by Gasteiger charge is 2.16. The number of imidazole rings is 1. The van der Waals surface area contributed by atoms with Crippen LogP contribution in [0.2, 0.25) is 0 Å². The van der Waals surface area contributed by atoms with Crippen molar-refractivity contribution in [3.05, 3.63) is 56.7 Å². The van der Waals surface area contributed by atoms with Gasteiger partial charge in [0, 0.05) is 13.6 Å². The molecule has 0 aliphatic heterocycles. The molecule has 0 fully saturated rings. The number of hydrogen-bond donors (Lipinski definition) is 2. The Hall–Kier alpha value is -3.16. The molecule has 0 unspecified atom stereocenters. The number of anilines is 1. The van der Waals surface area contributed by atoms with E-state index in [0.29, 0.717) is 23.7 Å². The number of hydrogen-bond acceptors (Lipinski definition) is 5. The predicted molar refractivity (Wildman–Crippen MR) is 103 cm³/mol. The lowest BCUT2D eigenvalue weighted by atomic mass is 10.2. The quantitative estimate of drug-likeness (QED) is 0.385. The van der Waals surface area contributed by atoms with Crippen molar-refractivity contribution in [3.63, 3.8) is 0 Å². The first kappa shape index (κ1) is 17.7. The van der Waals surface area contributed by atoms with Crippen LogP contribution in [-0.2, 0) is 13.6 Å². The van der Waals surface area contributed by atoms with E-state index in [2.05, 4.69) is 27.4 Å². The predicted octanol–water partition coefficient (Wildman–Crippen LogP) is 2.06. The van der Waals surface area contributed by atoms with Gasteiger partial charge in [0.15, 0.2) is 11.2 Å². The van der Waals surface area contributed by atoms with E-state index in [0.717, 1.165) is 24.8 Å². The number of hydrazone groups is 1. The third-order valence-corrected chi connectivity index (χ3v) is 4.17. The minimum Gasteiger partial charge on any atom is -0.303 e. The van der Waals surface area contributed by atoms with Crippen molar-refractivity contribution < 1.29 is 0 Å². The number of nitrogens with zero attached hydrogens (tertiary/aromatic N) is 4. The summed E-state index contributed by atoms with van der Waals surface area (Å²) in [4.78, 5) is 30.9. The molecule has 0 amide bonds. The summed E-state index contributed by atoms with van der Waals surface area (Å²) in [5.74, 6) is 0.440. The molecule has 0 saturated carbocycles. The highest BCUT2D eigenvalue weighted by atomic mass is 16.2. The van der Waals surface area contributed by atoms with E-state index in [4.69, 9.17) is 0 Å². The van der Waals surface area contributed by atoms with Crippen LogP contribution >= 0.6 is 0 Å². The fourth-order valence-electron chi connectivity index (χ4n) is 2.76. The zero-order valence-electron chi connectivity index (χ0n) is 14.9. The molecule has 8 heteroatoms. The van der Waals surface area contributed by atoms with Crippen LogP contribution < -0.4 is 16.7 Å². The van der Waals surface area contributed by atoms with Gasteiger partial charge in [0.25, 0.3) is 5.56 Å². The smallest absolute Gasteiger partial charge is 0.303 e. The average Bonchev–Trinajstić information content (AvgIpc) is 3.00. The van der Waals surface area contributed by atoms with Gasteiger partial charge in [-0.25, -0.2) is 10.2 Å². The first-order valence-corrected chi connectivity index (χ1v) is 8.65. The third-order valence-electron chi connectivity index (χ3n) is 4.17. The summed E-state index contributed by atoms with van der Waals surface area (Å²) in [5, 5.41) is 4.22. The molecule has 0 spiro atoms. The third kappa shape index (κ3) is 3.58. The second kappa shape index (κ2) is 7.81. The summed E-state index contributed by atoms with van der Waals surface area (Å²) >= 11 is 0. The van der Waals surface area contributed by atoms with E-state index in [1.807, 2.05) is 30.3 Å². The summed E-state index contributed by atoms with van der Waals surface area (Å²) in [7, 11) is 1.58. The maximum absolute atomic E-state index is 12.3. The number of nitrogens with one attached hydrogen (secondary N) is 2. The maximum atomic E-state index is 12.3. The topological polar surface area (TPSA) is 97.1 Å². The van der Waals surface area contributed by atoms with Crippen molar-refractivity contribution in [1.82, 2.24) is 19.1 Å². The number of fused-ring (bicyclic) bond motifs is 1. The normalized spacial score (nSPS) is 11.5. The van der Waals surface area contributed by atoms with E-state index in [1.54, 1.807) is 17.8 Å². The molecule has 0 bridgehead atoms. The van der Waals surface area contributed by atoms with E-state index in [1.165, 1.54) is 4.57 Å². The standard InChI is InChI=1S/C18H22N6O2/c1-3-4-8-11-24-14-15(23(2)18(26)21-16(14)25)20-17(24)22-19-12-13-9-6-5-7-10-13/h5-7,9-10,12H,3-4,8,11H2,1-2H3,(H,20,22)(H,21,25,26). The summed E-state index contributed by atoms with van der Waals surface area (Å²) < 4.78 is 3.12. The van der Waals surface area contributed by atoms with E-state index in [-0.39, 0.29) is 0 Å². The minimum atomic E-state index is -0.486. The van der Waals surface area contributed by atoms with Crippen molar-refractivity contribution >= 4 is 23.3 Å². The van der Waals surface area contributed by atoms with Crippen LogP contribution in [-0.4, -0.2) is 25.3 Å². The lowest BCUT2D eigenvalue weighted by molar-refractivity contribution is 0.615. The van der Waals surface area contributed by atoms with E-state index >= 15 is 0 Å². The molecule has 1 aromatic carbocycles. The molecule has 26 heavy (non-hydrogen) atoms. The molecule has 0 aliphatic carbocycles. The maximum Gasteiger partial charge on any atom is 0.329 e. The van der Waals surface area contributed by atoms with Crippen molar-refractivity contribution in [2.45, 2.75) is 32.7 Å². The number of benzene rings is 1. The fraction of sp³-hybridized carbons (Fsp3) is 0.333. The van der Waals surface area contributed by atoms with Gasteiger partial charge in [0.2, 0.25) is 5.95 Å². The number of rotatable bonds is 7. The Morgan fingerprint density at radius 1 is 1.23 bits per heavy atom. The molecule has 8 nitrogen and oxygen atoms in total. The van der Waals surface area contributed by atoms with Gasteiger partial charge in [-0.15, -0.1) is 0 Å². The number of aromatic nitrogens is 4. The number of unbranched alkanes of at least 4 members (excludes halogenated alkanes) is 2. The average molecular weight is 354 g/mol. The summed E-state index contributed by atoms with van der Waals surface area (Å²) in [6, 6.07) is 9.66.